The number of alkyl halides is 1. The van der Waals surface area contributed by atoms with Gasteiger partial charge in [0.25, 0.3) is 5.69 Å². The molecular formula is C8H6INO3S. The third-order valence-electron chi connectivity index (χ3n) is 1.39. The molecule has 1 aromatic carbocycles. The largest absolute Gasteiger partial charge is 0.449 e. The third-order valence-corrected chi connectivity index (χ3v) is 2.83. The molecule has 6 heteroatoms. The van der Waals surface area contributed by atoms with Gasteiger partial charge >= 0.3 is 0 Å². The number of thiocarbonyl (C=S) groups is 1. The summed E-state index contributed by atoms with van der Waals surface area (Å²) in [6.45, 7) is 0. The van der Waals surface area contributed by atoms with Crippen LogP contribution in [0.15, 0.2) is 24.3 Å². The minimum absolute atomic E-state index is 0.0396. The molecule has 4 nitrogen and oxygen atoms in total. The fourth-order valence-corrected chi connectivity index (χ4v) is 1.05. The van der Waals surface area contributed by atoms with Crippen LogP contribution < -0.4 is 4.74 Å². The van der Waals surface area contributed by atoms with Crippen LogP contribution in [0.2, 0.25) is 0 Å². The lowest BCUT2D eigenvalue weighted by Gasteiger charge is -2.02. The highest BCUT2D eigenvalue weighted by atomic mass is 127. The van der Waals surface area contributed by atoms with Crippen molar-refractivity contribution in [3.05, 3.63) is 34.4 Å². The van der Waals surface area contributed by atoms with Crippen molar-refractivity contribution in [3.63, 3.8) is 0 Å². The molecule has 74 valence electrons. The summed E-state index contributed by atoms with van der Waals surface area (Å²) in [7, 11) is 0. The molecule has 0 fully saturated rings. The predicted molar refractivity (Wildman–Crippen MR) is 65.2 cm³/mol. The first kappa shape index (κ1) is 11.3. The van der Waals surface area contributed by atoms with Gasteiger partial charge in [0, 0.05) is 12.1 Å². The first-order chi connectivity index (χ1) is 6.63. The van der Waals surface area contributed by atoms with Gasteiger partial charge in [-0.15, -0.1) is 0 Å². The molecule has 14 heavy (non-hydrogen) atoms. The molecule has 1 rings (SSSR count). The number of rotatable bonds is 3. The SMILES string of the molecule is O=[N+]([O-])c1ccc(OC(=S)CI)cc1. The number of ether oxygens (including phenoxy) is 1. The molecule has 0 amide bonds. The zero-order chi connectivity index (χ0) is 10.6. The molecule has 0 unspecified atom stereocenters. The third kappa shape index (κ3) is 3.18. The standard InChI is InChI=1S/C8H6INO3S/c9-5-8(14)13-7-3-1-6(2-4-7)10(11)12/h1-4H,5H2. The Balaban J connectivity index is 2.73. The van der Waals surface area contributed by atoms with Gasteiger partial charge in [-0.05, 0) is 24.4 Å². The fourth-order valence-electron chi connectivity index (χ4n) is 0.795. The number of nitro groups is 1. The van der Waals surface area contributed by atoms with Gasteiger partial charge in [-0.3, -0.25) is 10.1 Å². The Bertz CT molecular complexity index is 352. The first-order valence-electron chi connectivity index (χ1n) is 3.64. The Kier molecular flexibility index (Phi) is 4.21. The lowest BCUT2D eigenvalue weighted by Crippen LogP contribution is -2.05. The van der Waals surface area contributed by atoms with E-state index in [2.05, 4.69) is 22.6 Å². The van der Waals surface area contributed by atoms with Crippen molar-refractivity contribution in [2.45, 2.75) is 0 Å². The van der Waals surface area contributed by atoms with E-state index in [9.17, 15) is 10.1 Å². The summed E-state index contributed by atoms with van der Waals surface area (Å²) < 4.78 is 5.81. The molecule has 0 spiro atoms. The van der Waals surface area contributed by atoms with Crippen LogP contribution in [0.3, 0.4) is 0 Å². The lowest BCUT2D eigenvalue weighted by atomic mass is 10.3. The predicted octanol–water partition coefficient (Wildman–Crippen LogP) is 2.74. The molecule has 0 aromatic heterocycles. The number of non-ortho nitro benzene ring substituents is 1. The van der Waals surface area contributed by atoms with E-state index in [4.69, 9.17) is 17.0 Å². The number of nitrogens with zero attached hydrogens (tertiary/aromatic N) is 1. The van der Waals surface area contributed by atoms with Crippen LogP contribution in [0, 0.1) is 10.1 Å². The molecule has 0 saturated carbocycles. The van der Waals surface area contributed by atoms with Gasteiger partial charge in [0.2, 0.25) is 0 Å². The Hall–Kier alpha value is -0.760. The summed E-state index contributed by atoms with van der Waals surface area (Å²) >= 11 is 6.94. The van der Waals surface area contributed by atoms with E-state index >= 15 is 0 Å². The van der Waals surface area contributed by atoms with Crippen molar-refractivity contribution in [1.29, 1.82) is 0 Å². The Morgan fingerprint density at radius 2 is 2.07 bits per heavy atom. The number of nitro benzene ring substituents is 1. The zero-order valence-electron chi connectivity index (χ0n) is 6.97. The maximum absolute atomic E-state index is 10.3. The van der Waals surface area contributed by atoms with Crippen LogP contribution in [0.4, 0.5) is 5.69 Å². The van der Waals surface area contributed by atoms with E-state index in [0.29, 0.717) is 15.2 Å². The average Bonchev–Trinajstić information content (AvgIpc) is 2.18. The summed E-state index contributed by atoms with van der Waals surface area (Å²) in [6, 6.07) is 5.81. The Labute approximate surface area is 99.5 Å². The van der Waals surface area contributed by atoms with E-state index in [-0.39, 0.29) is 5.69 Å². The van der Waals surface area contributed by atoms with Crippen LogP contribution in [-0.4, -0.2) is 14.4 Å². The molecule has 0 saturated heterocycles. The van der Waals surface area contributed by atoms with Gasteiger partial charge in [0.1, 0.15) is 5.75 Å². The zero-order valence-corrected chi connectivity index (χ0v) is 9.95. The molecule has 0 aliphatic heterocycles. The van der Waals surface area contributed by atoms with Crippen molar-refractivity contribution in [3.8, 4) is 5.75 Å². The maximum atomic E-state index is 10.3. The van der Waals surface area contributed by atoms with Crippen LogP contribution in [-0.2, 0) is 0 Å². The quantitative estimate of drug-likeness (QED) is 0.282. The van der Waals surface area contributed by atoms with Gasteiger partial charge in [-0.1, -0.05) is 22.6 Å². The van der Waals surface area contributed by atoms with E-state index in [1.807, 2.05) is 0 Å². The van der Waals surface area contributed by atoms with Crippen molar-refractivity contribution < 1.29 is 9.66 Å². The lowest BCUT2D eigenvalue weighted by molar-refractivity contribution is -0.384. The van der Waals surface area contributed by atoms with Crippen molar-refractivity contribution in [1.82, 2.24) is 0 Å². The van der Waals surface area contributed by atoms with Gasteiger partial charge < -0.3 is 4.74 Å². The van der Waals surface area contributed by atoms with Crippen molar-refractivity contribution in [2.24, 2.45) is 0 Å². The second-order valence-electron chi connectivity index (χ2n) is 2.36. The summed E-state index contributed by atoms with van der Waals surface area (Å²) in [5.74, 6) is 0.525. The Morgan fingerprint density at radius 3 is 2.50 bits per heavy atom. The van der Waals surface area contributed by atoms with Crippen LogP contribution in [0.25, 0.3) is 0 Å². The smallest absolute Gasteiger partial charge is 0.269 e. The monoisotopic (exact) mass is 323 g/mol. The van der Waals surface area contributed by atoms with Gasteiger partial charge in [0.05, 0.1) is 9.35 Å². The molecule has 1 aromatic rings. The highest BCUT2D eigenvalue weighted by Crippen LogP contribution is 2.17. The number of hydrogen-bond acceptors (Lipinski definition) is 4. The molecule has 0 heterocycles. The van der Waals surface area contributed by atoms with E-state index in [1.165, 1.54) is 24.3 Å². The number of halogens is 1. The summed E-state index contributed by atoms with van der Waals surface area (Å²) in [5.41, 5.74) is 0.0396. The minimum Gasteiger partial charge on any atom is -0.449 e. The normalized spacial score (nSPS) is 9.50. The summed E-state index contributed by atoms with van der Waals surface area (Å²) in [4.78, 5) is 9.87. The Morgan fingerprint density at radius 1 is 1.50 bits per heavy atom. The van der Waals surface area contributed by atoms with Crippen LogP contribution in [0.5, 0.6) is 5.75 Å². The summed E-state index contributed by atoms with van der Waals surface area (Å²) in [6.07, 6.45) is 0. The van der Waals surface area contributed by atoms with Crippen molar-refractivity contribution >= 4 is 45.5 Å². The molecule has 0 aliphatic rings. The van der Waals surface area contributed by atoms with Gasteiger partial charge in [-0.2, -0.15) is 0 Å². The fraction of sp³-hybridized carbons (Fsp3) is 0.125. The van der Waals surface area contributed by atoms with Crippen LogP contribution >= 0.6 is 34.8 Å². The minimum atomic E-state index is -0.458. The van der Waals surface area contributed by atoms with Gasteiger partial charge in [0.15, 0.2) is 5.05 Å². The first-order valence-corrected chi connectivity index (χ1v) is 5.58. The van der Waals surface area contributed by atoms with Gasteiger partial charge in [-0.25, -0.2) is 0 Å². The average molecular weight is 323 g/mol. The summed E-state index contributed by atoms with van der Waals surface area (Å²) in [5, 5.41) is 10.8. The molecule has 0 bridgehead atoms. The maximum Gasteiger partial charge on any atom is 0.269 e. The van der Waals surface area contributed by atoms with E-state index in [0.717, 1.165) is 0 Å². The van der Waals surface area contributed by atoms with E-state index in [1.54, 1.807) is 0 Å². The second kappa shape index (κ2) is 5.20. The molecule has 0 aliphatic carbocycles. The van der Waals surface area contributed by atoms with Crippen molar-refractivity contribution in [2.75, 3.05) is 4.43 Å². The highest BCUT2D eigenvalue weighted by molar-refractivity contribution is 14.1. The molecule has 0 N–H and O–H groups in total. The molecular weight excluding hydrogens is 317 g/mol. The van der Waals surface area contributed by atoms with E-state index < -0.39 is 4.92 Å². The number of hydrogen-bond donors (Lipinski definition) is 0. The molecule has 0 radical (unpaired) electrons. The molecule has 0 atom stereocenters. The topological polar surface area (TPSA) is 52.4 Å². The van der Waals surface area contributed by atoms with Crippen LogP contribution in [0.1, 0.15) is 0 Å². The highest BCUT2D eigenvalue weighted by Gasteiger charge is 2.05. The second-order valence-corrected chi connectivity index (χ2v) is 3.58. The number of benzene rings is 1.